The van der Waals surface area contributed by atoms with E-state index in [1.54, 1.807) is 6.92 Å². The van der Waals surface area contributed by atoms with E-state index in [2.05, 4.69) is 0 Å². The van der Waals surface area contributed by atoms with E-state index in [0.29, 0.717) is 6.42 Å². The molecule has 0 unspecified atom stereocenters. The molecule has 0 amide bonds. The van der Waals surface area contributed by atoms with Gasteiger partial charge in [0, 0.05) is 0 Å². The topological polar surface area (TPSA) is 40.5 Å². The molecule has 0 heterocycles. The molecule has 3 heteroatoms. The Morgan fingerprint density at radius 3 is 1.67 bits per heavy atom. The van der Waals surface area contributed by atoms with E-state index in [4.69, 9.17) is 10.2 Å². The van der Waals surface area contributed by atoms with Crippen molar-refractivity contribution in [2.45, 2.75) is 19.6 Å². The summed E-state index contributed by atoms with van der Waals surface area (Å²) in [6, 6.07) is 0. The third-order valence-electron chi connectivity index (χ3n) is 0.365. The Morgan fingerprint density at radius 2 is 1.67 bits per heavy atom. The number of hydrogen-bond donors (Lipinski definition) is 2. The summed E-state index contributed by atoms with van der Waals surface area (Å²) >= 11 is 0. The van der Waals surface area contributed by atoms with Gasteiger partial charge < -0.3 is 10.2 Å². The second-order valence-corrected chi connectivity index (χ2v) is 0.889. The van der Waals surface area contributed by atoms with Gasteiger partial charge in [-0.15, -0.1) is 0 Å². The van der Waals surface area contributed by atoms with Crippen LogP contribution >= 0.6 is 0 Å². The van der Waals surface area contributed by atoms with Crippen LogP contribution in [0.15, 0.2) is 0 Å². The van der Waals surface area contributed by atoms with Crippen LogP contribution in [0.4, 0.5) is 0 Å². The van der Waals surface area contributed by atoms with Crippen LogP contribution in [0.3, 0.4) is 0 Å². The quantitative estimate of drug-likeness (QED) is 0.401. The summed E-state index contributed by atoms with van der Waals surface area (Å²) in [6.07, 6.45) is -0.699. The second kappa shape index (κ2) is 5.74. The van der Waals surface area contributed by atoms with Crippen molar-refractivity contribution in [2.75, 3.05) is 0 Å². The Balaban J connectivity index is 0. The first-order chi connectivity index (χ1) is 2.27. The van der Waals surface area contributed by atoms with Crippen LogP contribution in [0.2, 0.25) is 0 Å². The zero-order valence-corrected chi connectivity index (χ0v) is 7.92. The molecule has 0 atom stereocenters. The van der Waals surface area contributed by atoms with E-state index in [1.165, 1.54) is 0 Å². The van der Waals surface area contributed by atoms with Crippen LogP contribution in [0.1, 0.15) is 13.3 Å². The molecule has 2 nitrogen and oxygen atoms in total. The molecule has 0 aromatic rings. The van der Waals surface area contributed by atoms with Crippen molar-refractivity contribution in [3.63, 3.8) is 0 Å². The van der Waals surface area contributed by atoms with Crippen molar-refractivity contribution < 1.29 is 10.2 Å². The molecule has 0 saturated heterocycles. The molecule has 0 fully saturated rings. The van der Waals surface area contributed by atoms with E-state index in [-0.39, 0.29) is 24.4 Å². The molecule has 0 aromatic heterocycles. The number of hydrogen-bond acceptors (Lipinski definition) is 2. The molecule has 0 rings (SSSR count). The third-order valence-corrected chi connectivity index (χ3v) is 0.365. The Hall–Kier alpha value is 0.738. The van der Waals surface area contributed by atoms with Gasteiger partial charge in [0.2, 0.25) is 0 Å². The molecule has 0 aliphatic heterocycles. The standard InChI is InChI=1S/C3H8O2.Sb.3H/c1-2-3(4)5;;;;/h3-5H,2H2,1H3;;;;. The van der Waals surface area contributed by atoms with Crippen molar-refractivity contribution in [1.82, 2.24) is 0 Å². The molecule has 0 saturated carbocycles. The molecule has 0 bridgehead atoms. The minimum atomic E-state index is -1.12. The Morgan fingerprint density at radius 1 is 1.50 bits per heavy atom. The second-order valence-electron chi connectivity index (χ2n) is 0.889. The molecular formula is C3H11O2Sb. The average Bonchev–Trinajstić information content (AvgIpc) is 1.38. The van der Waals surface area contributed by atoms with E-state index in [1.807, 2.05) is 0 Å². The van der Waals surface area contributed by atoms with Crippen LogP contribution in [0.5, 0.6) is 0 Å². The van der Waals surface area contributed by atoms with Crippen LogP contribution < -0.4 is 0 Å². The summed E-state index contributed by atoms with van der Waals surface area (Å²) in [5.74, 6) is 0. The summed E-state index contributed by atoms with van der Waals surface area (Å²) < 4.78 is 0. The molecule has 0 aliphatic rings. The Labute approximate surface area is 54.6 Å². The van der Waals surface area contributed by atoms with E-state index in [9.17, 15) is 0 Å². The Bertz CT molecular complexity index is 22.8. The van der Waals surface area contributed by atoms with Gasteiger partial charge in [-0.2, -0.15) is 0 Å². The fourth-order valence-corrected chi connectivity index (χ4v) is 0. The fraction of sp³-hybridized carbons (Fsp3) is 1.00. The van der Waals surface area contributed by atoms with Crippen molar-refractivity contribution in [1.29, 1.82) is 0 Å². The van der Waals surface area contributed by atoms with Gasteiger partial charge in [-0.1, -0.05) is 6.92 Å². The molecule has 0 aromatic carbocycles. The number of rotatable bonds is 1. The van der Waals surface area contributed by atoms with Gasteiger partial charge in [0.1, 0.15) is 0 Å². The maximum absolute atomic E-state index is 7.92. The zero-order valence-electron chi connectivity index (χ0n) is 3.89. The molecule has 0 radical (unpaired) electrons. The molecular weight excluding hydrogens is 190 g/mol. The first kappa shape index (κ1) is 9.88. The van der Waals surface area contributed by atoms with Gasteiger partial charge in [-0.25, -0.2) is 0 Å². The van der Waals surface area contributed by atoms with Gasteiger partial charge >= 0.3 is 24.4 Å². The molecule has 6 heavy (non-hydrogen) atoms. The van der Waals surface area contributed by atoms with Gasteiger partial charge in [0.25, 0.3) is 0 Å². The van der Waals surface area contributed by atoms with E-state index >= 15 is 0 Å². The first-order valence-electron chi connectivity index (χ1n) is 1.63. The van der Waals surface area contributed by atoms with Crippen molar-refractivity contribution in [3.8, 4) is 0 Å². The van der Waals surface area contributed by atoms with Crippen molar-refractivity contribution >= 4 is 24.4 Å². The molecule has 2 N–H and O–H groups in total. The van der Waals surface area contributed by atoms with Crippen LogP contribution in [-0.4, -0.2) is 40.9 Å². The number of aliphatic hydroxyl groups excluding tert-OH is 1. The van der Waals surface area contributed by atoms with E-state index < -0.39 is 6.29 Å². The summed E-state index contributed by atoms with van der Waals surface area (Å²) in [6.45, 7) is 1.70. The van der Waals surface area contributed by atoms with Crippen LogP contribution in [0.25, 0.3) is 0 Å². The van der Waals surface area contributed by atoms with Crippen molar-refractivity contribution in [2.24, 2.45) is 0 Å². The summed E-state index contributed by atoms with van der Waals surface area (Å²) in [4.78, 5) is 0. The summed E-state index contributed by atoms with van der Waals surface area (Å²) in [5, 5.41) is 15.8. The van der Waals surface area contributed by atoms with Crippen LogP contribution in [-0.2, 0) is 0 Å². The van der Waals surface area contributed by atoms with Crippen LogP contribution in [0, 0.1) is 0 Å². The number of aliphatic hydroxyl groups is 2. The van der Waals surface area contributed by atoms with E-state index in [0.717, 1.165) is 0 Å². The monoisotopic (exact) mass is 200 g/mol. The predicted molar refractivity (Wildman–Crippen MR) is 28.5 cm³/mol. The minimum absolute atomic E-state index is 0. The third kappa shape index (κ3) is 8.83. The normalized spacial score (nSPS) is 8.00. The summed E-state index contributed by atoms with van der Waals surface area (Å²) in [7, 11) is 0. The zero-order chi connectivity index (χ0) is 4.28. The fourth-order valence-electron chi connectivity index (χ4n) is 0. The van der Waals surface area contributed by atoms with Gasteiger partial charge in [-0.3, -0.25) is 0 Å². The molecule has 40 valence electrons. The average molecular weight is 201 g/mol. The first-order valence-corrected chi connectivity index (χ1v) is 1.63. The van der Waals surface area contributed by atoms with Gasteiger partial charge in [0.15, 0.2) is 6.29 Å². The molecule has 0 aliphatic carbocycles. The van der Waals surface area contributed by atoms with Crippen molar-refractivity contribution in [3.05, 3.63) is 0 Å². The summed E-state index contributed by atoms with van der Waals surface area (Å²) in [5.41, 5.74) is 0. The van der Waals surface area contributed by atoms with Gasteiger partial charge in [0.05, 0.1) is 0 Å². The Kier molecular flexibility index (Phi) is 9.45. The maximum atomic E-state index is 7.92. The molecule has 0 spiro atoms. The SMILES string of the molecule is CCC(O)O.[SbH3]. The predicted octanol–water partition coefficient (Wildman–Crippen LogP) is -1.48. The van der Waals surface area contributed by atoms with Gasteiger partial charge in [-0.05, 0) is 6.42 Å².